The Morgan fingerprint density at radius 3 is 2.28 bits per heavy atom. The third-order valence-electron chi connectivity index (χ3n) is 4.53. The summed E-state index contributed by atoms with van der Waals surface area (Å²) in [7, 11) is 1.77. The zero-order valence-electron chi connectivity index (χ0n) is 15.5. The van der Waals surface area contributed by atoms with E-state index in [-0.39, 0.29) is 17.1 Å². The number of ether oxygens (including phenoxy) is 1. The van der Waals surface area contributed by atoms with E-state index in [1.54, 1.807) is 7.11 Å². The van der Waals surface area contributed by atoms with Crippen molar-refractivity contribution in [2.24, 2.45) is 11.0 Å². The number of hydrogen-bond donors (Lipinski definition) is 0. The molecule has 1 aliphatic heterocycles. The van der Waals surface area contributed by atoms with E-state index in [1.807, 2.05) is 32.1 Å². The summed E-state index contributed by atoms with van der Waals surface area (Å²) in [5.41, 5.74) is 1.22. The predicted molar refractivity (Wildman–Crippen MR) is 100 cm³/mol. The van der Waals surface area contributed by atoms with Gasteiger partial charge in [-0.1, -0.05) is 13.8 Å². The normalized spacial score (nSPS) is 25.5. The molecule has 0 unspecified atom stereocenters. The van der Waals surface area contributed by atoms with Gasteiger partial charge in [0, 0.05) is 25.3 Å². The van der Waals surface area contributed by atoms with Crippen LogP contribution in [0.1, 0.15) is 33.1 Å². The molecule has 3 rings (SSSR count). The number of hydrogen-bond acceptors (Lipinski definition) is 3. The Morgan fingerprint density at radius 1 is 1.16 bits per heavy atom. The zero-order valence-corrected chi connectivity index (χ0v) is 16.6. The standard InChI is InChI=1S/C16H25N2O.C5H5.Fe/c1-4-13(2)16(14-8-5-6-9-14)17-18-11-7-10-15(18)12-19-3;1-2-4-5-3-1;/h5-6,8-9,13,15H,4,7,10-12H2,1-3H3;1-5H;/q;;+2/b17-16+;;/t13-,15+;;/m1../s1. The molecule has 3 nitrogen and oxygen atoms in total. The van der Waals surface area contributed by atoms with Crippen LogP contribution in [0.25, 0.3) is 0 Å². The average Bonchev–Trinajstić information content (AvgIpc) is 3.35. The van der Waals surface area contributed by atoms with E-state index < -0.39 is 0 Å². The second kappa shape index (κ2) is 13.2. The van der Waals surface area contributed by atoms with Crippen molar-refractivity contribution in [1.82, 2.24) is 5.01 Å². The van der Waals surface area contributed by atoms with Crippen LogP contribution >= 0.6 is 0 Å². The first-order valence-corrected chi connectivity index (χ1v) is 8.99. The summed E-state index contributed by atoms with van der Waals surface area (Å²) in [6.45, 7) is 6.31. The number of hydrazone groups is 1. The molecule has 0 aromatic rings. The molecule has 4 heteroatoms. The summed E-state index contributed by atoms with van der Waals surface area (Å²) in [5, 5.41) is 7.19. The van der Waals surface area contributed by atoms with E-state index in [4.69, 9.17) is 9.84 Å². The molecule has 1 heterocycles. The fourth-order valence-corrected chi connectivity index (χ4v) is 2.95. The van der Waals surface area contributed by atoms with E-state index in [0.717, 1.165) is 19.6 Å². The van der Waals surface area contributed by atoms with Crippen LogP contribution in [0, 0.1) is 69.6 Å². The number of nitrogens with zero attached hydrogens (tertiary/aromatic N) is 2. The predicted octanol–water partition coefficient (Wildman–Crippen LogP) is 3.92. The van der Waals surface area contributed by atoms with Gasteiger partial charge in [-0.05, 0) is 83.0 Å². The minimum atomic E-state index is 0. The van der Waals surface area contributed by atoms with Gasteiger partial charge in [0.25, 0.3) is 0 Å². The molecule has 0 aromatic heterocycles. The van der Waals surface area contributed by atoms with Crippen molar-refractivity contribution in [2.75, 3.05) is 20.3 Å². The van der Waals surface area contributed by atoms with Crippen LogP contribution in [0.15, 0.2) is 5.10 Å². The Morgan fingerprint density at radius 2 is 1.76 bits per heavy atom. The van der Waals surface area contributed by atoms with E-state index >= 15 is 0 Å². The van der Waals surface area contributed by atoms with Gasteiger partial charge < -0.3 is 4.74 Å². The maximum Gasteiger partial charge on any atom is 2.00 e. The van der Waals surface area contributed by atoms with Crippen LogP contribution in [-0.4, -0.2) is 37.0 Å². The molecule has 0 amide bonds. The van der Waals surface area contributed by atoms with E-state index in [9.17, 15) is 0 Å². The zero-order chi connectivity index (χ0) is 17.2. The van der Waals surface area contributed by atoms with Gasteiger partial charge in [0.15, 0.2) is 0 Å². The molecule has 0 bridgehead atoms. The summed E-state index contributed by atoms with van der Waals surface area (Å²) in [5.74, 6) is 1.75. The van der Waals surface area contributed by atoms with E-state index in [1.165, 1.54) is 24.5 Å². The maximum absolute atomic E-state index is 5.30. The van der Waals surface area contributed by atoms with Crippen LogP contribution in [0.2, 0.25) is 0 Å². The quantitative estimate of drug-likeness (QED) is 0.514. The van der Waals surface area contributed by atoms with Gasteiger partial charge in [0.1, 0.15) is 0 Å². The largest absolute Gasteiger partial charge is 2.00 e. The van der Waals surface area contributed by atoms with Crippen LogP contribution < -0.4 is 0 Å². The van der Waals surface area contributed by atoms with Gasteiger partial charge in [0.05, 0.1) is 12.6 Å². The van der Waals surface area contributed by atoms with E-state index in [0.29, 0.717) is 12.0 Å². The third-order valence-corrected chi connectivity index (χ3v) is 4.53. The fourth-order valence-electron chi connectivity index (χ4n) is 2.95. The topological polar surface area (TPSA) is 24.8 Å². The van der Waals surface area contributed by atoms with Crippen LogP contribution in [0.3, 0.4) is 0 Å². The van der Waals surface area contributed by atoms with Crippen molar-refractivity contribution in [3.63, 3.8) is 0 Å². The van der Waals surface area contributed by atoms with E-state index in [2.05, 4.69) is 44.5 Å². The minimum absolute atomic E-state index is 0. The summed E-state index contributed by atoms with van der Waals surface area (Å²) in [6, 6.07) is 0.444. The van der Waals surface area contributed by atoms with Crippen LogP contribution in [0.5, 0.6) is 0 Å². The molecule has 0 N–H and O–H groups in total. The molecule has 2 saturated carbocycles. The molecule has 3 fully saturated rings. The van der Waals surface area contributed by atoms with Gasteiger partial charge in [-0.25, -0.2) is 0 Å². The van der Waals surface area contributed by atoms with Gasteiger partial charge in [0.2, 0.25) is 0 Å². The Hall–Kier alpha value is -0.0505. The monoisotopic (exact) mass is 382 g/mol. The first-order chi connectivity index (χ1) is 11.8. The van der Waals surface area contributed by atoms with Crippen molar-refractivity contribution >= 4 is 5.71 Å². The second-order valence-corrected chi connectivity index (χ2v) is 6.34. The van der Waals surface area contributed by atoms with Crippen molar-refractivity contribution in [3.8, 4) is 0 Å². The van der Waals surface area contributed by atoms with Crippen molar-refractivity contribution in [2.45, 2.75) is 39.2 Å². The number of rotatable bonds is 6. The Bertz CT molecular complexity index is 357. The van der Waals surface area contributed by atoms with Crippen molar-refractivity contribution in [3.05, 3.63) is 63.7 Å². The Balaban J connectivity index is 0.000000448. The van der Waals surface area contributed by atoms with Crippen molar-refractivity contribution < 1.29 is 21.8 Å². The summed E-state index contributed by atoms with van der Waals surface area (Å²) in [6.07, 6.45) is 22.0. The third kappa shape index (κ3) is 7.61. The van der Waals surface area contributed by atoms with Gasteiger partial charge >= 0.3 is 17.1 Å². The fraction of sp³-hybridized carbons (Fsp3) is 0.476. The molecule has 2 atom stereocenters. The Kier molecular flexibility index (Phi) is 12.1. The Labute approximate surface area is 166 Å². The summed E-state index contributed by atoms with van der Waals surface area (Å²) < 4.78 is 5.30. The molecule has 3 aliphatic rings. The molecule has 136 valence electrons. The smallest absolute Gasteiger partial charge is 0.382 e. The second-order valence-electron chi connectivity index (χ2n) is 6.34. The van der Waals surface area contributed by atoms with Gasteiger partial charge in [-0.2, -0.15) is 5.10 Å². The average molecular weight is 382 g/mol. The van der Waals surface area contributed by atoms with Crippen molar-refractivity contribution in [1.29, 1.82) is 0 Å². The number of methoxy groups -OCH3 is 1. The van der Waals surface area contributed by atoms with Gasteiger partial charge in [-0.15, -0.1) is 0 Å². The van der Waals surface area contributed by atoms with Crippen LogP contribution in [-0.2, 0) is 21.8 Å². The molecule has 25 heavy (non-hydrogen) atoms. The first kappa shape index (κ1) is 23.0. The molecule has 0 aromatic carbocycles. The maximum atomic E-state index is 5.30. The molecular weight excluding hydrogens is 352 g/mol. The molecule has 10 radical (unpaired) electrons. The summed E-state index contributed by atoms with van der Waals surface area (Å²) in [4.78, 5) is 0. The van der Waals surface area contributed by atoms with Gasteiger partial charge in [-0.3, -0.25) is 5.01 Å². The SMILES string of the molecule is CC[C@@H](C)/C(=N\N1CCC[C@H]1COC)[C]1[CH][CH][CH][CH]1.[CH]1[CH][CH][CH][CH]1.[Fe+2]. The first-order valence-electron chi connectivity index (χ1n) is 8.99. The molecular formula is C21H30FeN2O+2. The molecule has 2 aliphatic carbocycles. The van der Waals surface area contributed by atoms with Crippen LogP contribution in [0.4, 0.5) is 0 Å². The minimum Gasteiger partial charge on any atom is -0.382 e. The molecule has 0 spiro atoms. The molecule has 1 saturated heterocycles. The summed E-state index contributed by atoms with van der Waals surface area (Å²) >= 11 is 0.